The van der Waals surface area contributed by atoms with E-state index in [0.717, 1.165) is 29.3 Å². The Morgan fingerprint density at radius 3 is 2.36 bits per heavy atom. The quantitative estimate of drug-likeness (QED) is 0.646. The van der Waals surface area contributed by atoms with E-state index in [1.807, 2.05) is 36.4 Å². The van der Waals surface area contributed by atoms with Gasteiger partial charge in [-0.1, -0.05) is 62.4 Å². The zero-order chi connectivity index (χ0) is 17.6. The van der Waals surface area contributed by atoms with Crippen molar-refractivity contribution in [2.24, 2.45) is 5.92 Å². The summed E-state index contributed by atoms with van der Waals surface area (Å²) in [4.78, 5) is 9.31. The maximum absolute atomic E-state index is 4.68. The molecule has 0 spiro atoms. The van der Waals surface area contributed by atoms with E-state index in [9.17, 15) is 0 Å². The number of aromatic nitrogens is 2. The lowest BCUT2D eigenvalue weighted by Crippen LogP contribution is -2.11. The Kier molecular flexibility index (Phi) is 5.29. The molecule has 0 unspecified atom stereocenters. The molecule has 0 amide bonds. The van der Waals surface area contributed by atoms with Crippen molar-refractivity contribution in [3.05, 3.63) is 66.2 Å². The molecule has 2 N–H and O–H groups in total. The van der Waals surface area contributed by atoms with Crippen LogP contribution in [0.3, 0.4) is 0 Å². The molecule has 0 atom stereocenters. The summed E-state index contributed by atoms with van der Waals surface area (Å²) >= 11 is 0. The summed E-state index contributed by atoms with van der Waals surface area (Å²) in [6, 6.07) is 20.4. The van der Waals surface area contributed by atoms with E-state index < -0.39 is 0 Å². The number of anilines is 3. The van der Waals surface area contributed by atoms with E-state index in [1.165, 1.54) is 5.56 Å². The van der Waals surface area contributed by atoms with Gasteiger partial charge in [-0.05, 0) is 24.5 Å². The number of benzene rings is 2. The molecule has 128 valence electrons. The Bertz CT molecular complexity index is 828. The third-order valence-electron chi connectivity index (χ3n) is 3.87. The minimum Gasteiger partial charge on any atom is -0.354 e. The van der Waals surface area contributed by atoms with Crippen molar-refractivity contribution in [1.29, 1.82) is 0 Å². The first-order valence-corrected chi connectivity index (χ1v) is 8.63. The zero-order valence-corrected chi connectivity index (χ0v) is 15.0. The fraction of sp³-hybridized carbons (Fsp3) is 0.238. The SMILES string of the molecule is Cc1ccccc1Nc1cc(-c2ccccc2)nc(NCC(C)C)n1. The molecule has 1 heterocycles. The molecule has 1 aromatic heterocycles. The first-order chi connectivity index (χ1) is 12.1. The second-order valence-electron chi connectivity index (χ2n) is 6.54. The highest BCUT2D eigenvalue weighted by atomic mass is 15.1. The first kappa shape index (κ1) is 17.0. The van der Waals surface area contributed by atoms with Gasteiger partial charge in [-0.15, -0.1) is 0 Å². The lowest BCUT2D eigenvalue weighted by atomic mass is 10.1. The normalized spacial score (nSPS) is 10.7. The Hall–Kier alpha value is -2.88. The maximum atomic E-state index is 4.68. The highest BCUT2D eigenvalue weighted by molar-refractivity contribution is 5.68. The number of rotatable bonds is 6. The van der Waals surface area contributed by atoms with Crippen LogP contribution in [0.4, 0.5) is 17.5 Å². The van der Waals surface area contributed by atoms with Crippen LogP contribution in [0.25, 0.3) is 11.3 Å². The molecule has 0 saturated carbocycles. The molecular formula is C21H24N4. The Balaban J connectivity index is 1.96. The van der Waals surface area contributed by atoms with Crippen LogP contribution in [0.15, 0.2) is 60.7 Å². The largest absolute Gasteiger partial charge is 0.354 e. The summed E-state index contributed by atoms with van der Waals surface area (Å²) in [5, 5.41) is 6.75. The minimum absolute atomic E-state index is 0.525. The highest BCUT2D eigenvalue weighted by Gasteiger charge is 2.08. The fourth-order valence-corrected chi connectivity index (χ4v) is 2.49. The van der Waals surface area contributed by atoms with Crippen molar-refractivity contribution in [2.75, 3.05) is 17.2 Å². The number of nitrogens with one attached hydrogen (secondary N) is 2. The summed E-state index contributed by atoms with van der Waals surface area (Å²) in [5.41, 5.74) is 4.21. The average molecular weight is 332 g/mol. The third kappa shape index (κ3) is 4.57. The second kappa shape index (κ2) is 7.79. The Labute approximate surface area is 149 Å². The number of para-hydroxylation sites is 1. The number of hydrogen-bond acceptors (Lipinski definition) is 4. The molecule has 4 nitrogen and oxygen atoms in total. The molecule has 0 aliphatic rings. The van der Waals surface area contributed by atoms with Gasteiger partial charge in [0.25, 0.3) is 0 Å². The molecule has 0 aliphatic carbocycles. The molecule has 4 heteroatoms. The number of nitrogens with zero attached hydrogens (tertiary/aromatic N) is 2. The number of hydrogen-bond donors (Lipinski definition) is 2. The van der Waals surface area contributed by atoms with E-state index in [1.54, 1.807) is 0 Å². The van der Waals surface area contributed by atoms with Crippen LogP contribution in [0.2, 0.25) is 0 Å². The monoisotopic (exact) mass is 332 g/mol. The molecule has 0 radical (unpaired) electrons. The van der Waals surface area contributed by atoms with E-state index in [4.69, 9.17) is 0 Å². The van der Waals surface area contributed by atoms with Crippen LogP contribution < -0.4 is 10.6 Å². The van der Waals surface area contributed by atoms with Gasteiger partial charge in [-0.2, -0.15) is 4.98 Å². The third-order valence-corrected chi connectivity index (χ3v) is 3.87. The molecule has 2 aromatic carbocycles. The van der Waals surface area contributed by atoms with Gasteiger partial charge in [0, 0.05) is 23.9 Å². The Morgan fingerprint density at radius 1 is 0.920 bits per heavy atom. The lowest BCUT2D eigenvalue weighted by Gasteiger charge is -2.13. The number of aryl methyl sites for hydroxylation is 1. The predicted molar refractivity (Wildman–Crippen MR) is 105 cm³/mol. The summed E-state index contributed by atoms with van der Waals surface area (Å²) in [7, 11) is 0. The summed E-state index contributed by atoms with van der Waals surface area (Å²) in [5.74, 6) is 1.96. The van der Waals surface area contributed by atoms with Gasteiger partial charge in [-0.3, -0.25) is 0 Å². The van der Waals surface area contributed by atoms with Gasteiger partial charge in [0.2, 0.25) is 5.95 Å². The smallest absolute Gasteiger partial charge is 0.225 e. The van der Waals surface area contributed by atoms with E-state index in [-0.39, 0.29) is 0 Å². The maximum Gasteiger partial charge on any atom is 0.225 e. The van der Waals surface area contributed by atoms with Gasteiger partial charge >= 0.3 is 0 Å². The Morgan fingerprint density at radius 2 is 1.64 bits per heavy atom. The first-order valence-electron chi connectivity index (χ1n) is 8.63. The molecule has 25 heavy (non-hydrogen) atoms. The van der Waals surface area contributed by atoms with Crippen LogP contribution in [0.5, 0.6) is 0 Å². The highest BCUT2D eigenvalue weighted by Crippen LogP contribution is 2.25. The van der Waals surface area contributed by atoms with Crippen LogP contribution >= 0.6 is 0 Å². The topological polar surface area (TPSA) is 49.8 Å². The van der Waals surface area contributed by atoms with Crippen molar-refractivity contribution in [3.8, 4) is 11.3 Å². The fourth-order valence-electron chi connectivity index (χ4n) is 2.49. The standard InChI is InChI=1S/C21H24N4/c1-15(2)14-22-21-24-19(17-10-5-4-6-11-17)13-20(25-21)23-18-12-8-7-9-16(18)3/h4-13,15H,14H2,1-3H3,(H2,22,23,24,25). The van der Waals surface area contributed by atoms with Gasteiger partial charge < -0.3 is 10.6 Å². The predicted octanol–water partition coefficient (Wildman–Crippen LogP) is 5.26. The van der Waals surface area contributed by atoms with Gasteiger partial charge in [0.15, 0.2) is 0 Å². The lowest BCUT2D eigenvalue weighted by molar-refractivity contribution is 0.685. The summed E-state index contributed by atoms with van der Waals surface area (Å²) in [6.45, 7) is 7.25. The van der Waals surface area contributed by atoms with Crippen LogP contribution in [0.1, 0.15) is 19.4 Å². The van der Waals surface area contributed by atoms with E-state index in [0.29, 0.717) is 11.9 Å². The molecule has 0 saturated heterocycles. The van der Waals surface area contributed by atoms with Crippen molar-refractivity contribution in [2.45, 2.75) is 20.8 Å². The second-order valence-corrected chi connectivity index (χ2v) is 6.54. The summed E-state index contributed by atoms with van der Waals surface area (Å²) < 4.78 is 0. The molecule has 0 bridgehead atoms. The van der Waals surface area contributed by atoms with Crippen molar-refractivity contribution < 1.29 is 0 Å². The van der Waals surface area contributed by atoms with Crippen molar-refractivity contribution in [3.63, 3.8) is 0 Å². The van der Waals surface area contributed by atoms with Crippen LogP contribution in [-0.4, -0.2) is 16.5 Å². The molecule has 3 aromatic rings. The van der Waals surface area contributed by atoms with E-state index in [2.05, 4.69) is 65.6 Å². The van der Waals surface area contributed by atoms with Crippen molar-refractivity contribution >= 4 is 17.5 Å². The molecule has 0 aliphatic heterocycles. The molecule has 0 fully saturated rings. The molecule has 3 rings (SSSR count). The van der Waals surface area contributed by atoms with Gasteiger partial charge in [0.1, 0.15) is 5.82 Å². The zero-order valence-electron chi connectivity index (χ0n) is 15.0. The van der Waals surface area contributed by atoms with Crippen molar-refractivity contribution in [1.82, 2.24) is 9.97 Å². The molecular weight excluding hydrogens is 308 g/mol. The summed E-state index contributed by atoms with van der Waals surface area (Å²) in [6.07, 6.45) is 0. The van der Waals surface area contributed by atoms with Gasteiger partial charge in [0.05, 0.1) is 5.69 Å². The van der Waals surface area contributed by atoms with E-state index >= 15 is 0 Å². The van der Waals surface area contributed by atoms with Crippen LogP contribution in [-0.2, 0) is 0 Å². The average Bonchev–Trinajstić information content (AvgIpc) is 2.62. The minimum atomic E-state index is 0.525. The van der Waals surface area contributed by atoms with Crippen LogP contribution in [0, 0.1) is 12.8 Å². The van der Waals surface area contributed by atoms with Gasteiger partial charge in [-0.25, -0.2) is 4.98 Å².